The molecule has 1 N–H and O–H groups in total. The molecule has 3 amide bonds. The van der Waals surface area contributed by atoms with Gasteiger partial charge in [-0.15, -0.1) is 0 Å². The van der Waals surface area contributed by atoms with E-state index in [0.29, 0.717) is 0 Å². The van der Waals surface area contributed by atoms with Crippen molar-refractivity contribution in [1.29, 1.82) is 0 Å². The van der Waals surface area contributed by atoms with Crippen LogP contribution in [0.15, 0.2) is 18.2 Å². The third-order valence-corrected chi connectivity index (χ3v) is 4.57. The minimum atomic E-state index is -4.54. The molecule has 142 valence electrons. The second-order valence-electron chi connectivity index (χ2n) is 6.86. The molecule has 1 aromatic carbocycles. The molecule has 2 atom stereocenters. The van der Waals surface area contributed by atoms with Crippen LogP contribution in [0.25, 0.3) is 0 Å². The van der Waals surface area contributed by atoms with Gasteiger partial charge in [0.2, 0.25) is 0 Å². The van der Waals surface area contributed by atoms with Crippen LogP contribution in [0.2, 0.25) is 0 Å². The molecular weight excluding hydrogens is 351 g/mol. The number of hydrogen-bond donors (Lipinski definition) is 1. The average molecular weight is 371 g/mol. The quantitative estimate of drug-likeness (QED) is 0.824. The first-order valence-electron chi connectivity index (χ1n) is 8.28. The molecule has 0 saturated carbocycles. The van der Waals surface area contributed by atoms with Crippen LogP contribution in [-0.2, 0) is 6.18 Å². The van der Waals surface area contributed by atoms with E-state index in [0.717, 1.165) is 12.1 Å². The smallest absolute Gasteiger partial charge is 0.416 e. The lowest BCUT2D eigenvalue weighted by Crippen LogP contribution is -2.45. The monoisotopic (exact) mass is 371 g/mol. The fraction of sp³-hybridized carbons (Fsp3) is 0.529. The molecule has 6 nitrogen and oxygen atoms in total. The van der Waals surface area contributed by atoms with E-state index >= 15 is 0 Å². The van der Waals surface area contributed by atoms with Crippen LogP contribution in [0, 0.1) is 0 Å². The molecule has 0 aromatic heterocycles. The highest BCUT2D eigenvalue weighted by Crippen LogP contribution is 2.36. The molecule has 2 aliphatic rings. The van der Waals surface area contributed by atoms with E-state index in [-0.39, 0.29) is 36.5 Å². The number of hydrogen-bond acceptors (Lipinski definition) is 3. The second-order valence-corrected chi connectivity index (χ2v) is 6.86. The van der Waals surface area contributed by atoms with Gasteiger partial charge in [-0.2, -0.15) is 13.2 Å². The Balaban J connectivity index is 1.88. The molecule has 0 aliphatic carbocycles. The fourth-order valence-corrected chi connectivity index (χ4v) is 3.23. The Kier molecular flexibility index (Phi) is 4.49. The number of ether oxygens (including phenoxy) is 1. The molecule has 1 aromatic rings. The van der Waals surface area contributed by atoms with Gasteiger partial charge in [-0.3, -0.25) is 4.79 Å². The third kappa shape index (κ3) is 3.30. The number of urea groups is 1. The maximum absolute atomic E-state index is 12.9. The molecule has 1 fully saturated rings. The van der Waals surface area contributed by atoms with Crippen LogP contribution in [0.4, 0.5) is 18.0 Å². The van der Waals surface area contributed by atoms with Gasteiger partial charge in [0, 0.05) is 19.6 Å². The van der Waals surface area contributed by atoms with E-state index in [1.165, 1.54) is 18.0 Å². The Labute approximate surface area is 148 Å². The molecule has 2 aliphatic heterocycles. The highest BCUT2D eigenvalue weighted by atomic mass is 19.4. The molecule has 0 radical (unpaired) electrons. The standard InChI is InChI=1S/C17H20F3N3O3/c1-9(2)21-16(25)23-7-12-14(8-23)26-13-5-4-10(17(18,19)20)6-11(13)15(24)22(12)3/h4-6,9,12,14H,7-8H2,1-3H3,(H,21,25)/t12-,14+/m1/s1. The van der Waals surface area contributed by atoms with Crippen molar-refractivity contribution in [3.63, 3.8) is 0 Å². The summed E-state index contributed by atoms with van der Waals surface area (Å²) in [5.41, 5.74) is -1.01. The van der Waals surface area contributed by atoms with Gasteiger partial charge in [0.25, 0.3) is 5.91 Å². The van der Waals surface area contributed by atoms with Gasteiger partial charge in [-0.1, -0.05) is 0 Å². The van der Waals surface area contributed by atoms with Gasteiger partial charge < -0.3 is 19.9 Å². The van der Waals surface area contributed by atoms with Crippen LogP contribution in [0.3, 0.4) is 0 Å². The van der Waals surface area contributed by atoms with Crippen LogP contribution in [0.1, 0.15) is 29.8 Å². The molecule has 0 bridgehead atoms. The zero-order chi connectivity index (χ0) is 19.2. The van der Waals surface area contributed by atoms with E-state index in [2.05, 4.69) is 5.32 Å². The fourth-order valence-electron chi connectivity index (χ4n) is 3.23. The molecule has 0 unspecified atom stereocenters. The Hall–Kier alpha value is -2.45. The summed E-state index contributed by atoms with van der Waals surface area (Å²) in [6.45, 7) is 4.19. The Morgan fingerprint density at radius 2 is 2.00 bits per heavy atom. The number of halogens is 3. The lowest BCUT2D eigenvalue weighted by atomic mass is 10.1. The first-order valence-corrected chi connectivity index (χ1v) is 8.28. The van der Waals surface area contributed by atoms with Crippen molar-refractivity contribution >= 4 is 11.9 Å². The third-order valence-electron chi connectivity index (χ3n) is 4.57. The summed E-state index contributed by atoms with van der Waals surface area (Å²) >= 11 is 0. The van der Waals surface area contributed by atoms with E-state index in [1.54, 1.807) is 4.90 Å². The Bertz CT molecular complexity index is 736. The minimum Gasteiger partial charge on any atom is -0.486 e. The summed E-state index contributed by atoms with van der Waals surface area (Å²) in [5.74, 6) is -0.446. The molecular formula is C17H20F3N3O3. The predicted molar refractivity (Wildman–Crippen MR) is 87.0 cm³/mol. The summed E-state index contributed by atoms with van der Waals surface area (Å²) in [6.07, 6.45) is -5.04. The molecule has 1 saturated heterocycles. The lowest BCUT2D eigenvalue weighted by Gasteiger charge is -2.25. The molecule has 26 heavy (non-hydrogen) atoms. The zero-order valence-corrected chi connectivity index (χ0v) is 14.6. The first-order chi connectivity index (χ1) is 12.1. The number of carbonyl (C=O) groups excluding carboxylic acids is 2. The largest absolute Gasteiger partial charge is 0.486 e. The van der Waals surface area contributed by atoms with E-state index in [1.807, 2.05) is 13.8 Å². The summed E-state index contributed by atoms with van der Waals surface area (Å²) < 4.78 is 44.6. The number of nitrogens with zero attached hydrogens (tertiary/aromatic N) is 2. The summed E-state index contributed by atoms with van der Waals surface area (Å²) in [6, 6.07) is 2.16. The Morgan fingerprint density at radius 1 is 1.31 bits per heavy atom. The van der Waals surface area contributed by atoms with Gasteiger partial charge in [0.05, 0.1) is 23.7 Å². The van der Waals surface area contributed by atoms with Crippen molar-refractivity contribution in [3.05, 3.63) is 29.3 Å². The SMILES string of the molecule is CC(C)NC(=O)N1C[C@@H]2Oc3ccc(C(F)(F)F)cc3C(=O)N(C)[C@@H]2C1. The lowest BCUT2D eigenvalue weighted by molar-refractivity contribution is -0.137. The normalized spacial score (nSPS) is 22.7. The van der Waals surface area contributed by atoms with Crippen molar-refractivity contribution in [2.75, 3.05) is 20.1 Å². The molecule has 0 spiro atoms. The Morgan fingerprint density at radius 3 is 2.62 bits per heavy atom. The topological polar surface area (TPSA) is 61.9 Å². The van der Waals surface area contributed by atoms with Crippen LogP contribution in [-0.4, -0.2) is 60.1 Å². The number of fused-ring (bicyclic) bond motifs is 2. The van der Waals surface area contributed by atoms with Crippen LogP contribution >= 0.6 is 0 Å². The highest BCUT2D eigenvalue weighted by Gasteiger charge is 2.44. The van der Waals surface area contributed by atoms with Crippen molar-refractivity contribution in [2.45, 2.75) is 38.2 Å². The number of alkyl halides is 3. The number of rotatable bonds is 1. The maximum Gasteiger partial charge on any atom is 0.416 e. The average Bonchev–Trinajstić information content (AvgIpc) is 2.92. The zero-order valence-electron chi connectivity index (χ0n) is 14.6. The van der Waals surface area contributed by atoms with Gasteiger partial charge in [-0.05, 0) is 32.0 Å². The first kappa shape index (κ1) is 18.3. The number of likely N-dealkylation sites (N-methyl/N-ethyl adjacent to an activating group) is 1. The predicted octanol–water partition coefficient (Wildman–Crippen LogP) is 2.34. The maximum atomic E-state index is 12.9. The van der Waals surface area contributed by atoms with Crippen LogP contribution in [0.5, 0.6) is 5.75 Å². The van der Waals surface area contributed by atoms with E-state index < -0.39 is 29.8 Å². The van der Waals surface area contributed by atoms with Crippen LogP contribution < -0.4 is 10.1 Å². The second kappa shape index (κ2) is 6.37. The highest BCUT2D eigenvalue weighted by molar-refractivity contribution is 5.97. The number of likely N-dealkylation sites (tertiary alicyclic amines) is 1. The number of benzene rings is 1. The van der Waals surface area contributed by atoms with Crippen molar-refractivity contribution in [1.82, 2.24) is 15.1 Å². The molecule has 2 heterocycles. The van der Waals surface area contributed by atoms with E-state index in [4.69, 9.17) is 4.74 Å². The number of nitrogens with one attached hydrogen (secondary N) is 1. The minimum absolute atomic E-state index is 0.0327. The molecule has 9 heteroatoms. The van der Waals surface area contributed by atoms with Gasteiger partial charge in [-0.25, -0.2) is 4.79 Å². The molecule has 3 rings (SSSR count). The van der Waals surface area contributed by atoms with E-state index in [9.17, 15) is 22.8 Å². The summed E-state index contributed by atoms with van der Waals surface area (Å²) in [5, 5.41) is 2.78. The van der Waals surface area contributed by atoms with Gasteiger partial charge in [0.1, 0.15) is 11.9 Å². The van der Waals surface area contributed by atoms with Crippen molar-refractivity contribution in [3.8, 4) is 5.75 Å². The summed E-state index contributed by atoms with van der Waals surface area (Å²) in [7, 11) is 1.52. The van der Waals surface area contributed by atoms with Crippen molar-refractivity contribution < 1.29 is 27.5 Å². The van der Waals surface area contributed by atoms with Crippen molar-refractivity contribution in [2.24, 2.45) is 0 Å². The van der Waals surface area contributed by atoms with Gasteiger partial charge in [0.15, 0.2) is 0 Å². The number of amides is 3. The number of carbonyl (C=O) groups is 2. The summed E-state index contributed by atoms with van der Waals surface area (Å²) in [4.78, 5) is 27.8. The van der Waals surface area contributed by atoms with Gasteiger partial charge >= 0.3 is 12.2 Å².